The fourth-order valence-electron chi connectivity index (χ4n) is 10.9. The van der Waals surface area contributed by atoms with Crippen molar-refractivity contribution in [1.82, 2.24) is 0 Å². The van der Waals surface area contributed by atoms with E-state index in [0.717, 1.165) is 5.69 Å². The minimum atomic E-state index is -0.186. The molecule has 0 radical (unpaired) electrons. The van der Waals surface area contributed by atoms with Crippen LogP contribution >= 0.6 is 0 Å². The lowest BCUT2D eigenvalue weighted by atomic mass is 9.78. The summed E-state index contributed by atoms with van der Waals surface area (Å²) in [6, 6.07) is 64.4. The normalized spacial score (nSPS) is 14.6. The molecule has 286 valence electrons. The van der Waals surface area contributed by atoms with Crippen LogP contribution in [0.3, 0.4) is 0 Å². The van der Waals surface area contributed by atoms with Crippen LogP contribution in [-0.4, -0.2) is 0 Å². The third-order valence-corrected chi connectivity index (χ3v) is 13.7. The van der Waals surface area contributed by atoms with Crippen molar-refractivity contribution in [2.75, 3.05) is 4.90 Å². The molecule has 0 amide bonds. The maximum atomic E-state index is 2.58. The molecule has 0 bridgehead atoms. The molecule has 0 N–H and O–H groups in total. The summed E-state index contributed by atoms with van der Waals surface area (Å²) in [5.41, 5.74) is 17.9. The second-order valence-corrected chi connectivity index (χ2v) is 18.9. The highest BCUT2D eigenvalue weighted by Gasteiger charge is 2.39. The molecule has 0 unspecified atom stereocenters. The van der Waals surface area contributed by atoms with Gasteiger partial charge >= 0.3 is 0 Å². The lowest BCUT2D eigenvalue weighted by Crippen LogP contribution is -2.18. The molecule has 0 fully saturated rings. The molecule has 2 aliphatic carbocycles. The average molecular weight is 760 g/mol. The molecule has 0 aromatic heterocycles. The van der Waals surface area contributed by atoms with E-state index < -0.39 is 0 Å². The van der Waals surface area contributed by atoms with Gasteiger partial charge in [0, 0.05) is 27.5 Å². The predicted molar refractivity (Wildman–Crippen MR) is 253 cm³/mol. The van der Waals surface area contributed by atoms with E-state index in [1.807, 2.05) is 0 Å². The third-order valence-electron chi connectivity index (χ3n) is 13.7. The Balaban J connectivity index is 1.25. The quantitative estimate of drug-likeness (QED) is 0.173. The van der Waals surface area contributed by atoms with Crippen LogP contribution in [0.4, 0.5) is 17.1 Å². The highest BCUT2D eigenvalue weighted by molar-refractivity contribution is 6.10. The van der Waals surface area contributed by atoms with Gasteiger partial charge in [0.1, 0.15) is 0 Å². The smallest absolute Gasteiger partial charge is 0.0546 e. The zero-order chi connectivity index (χ0) is 40.4. The summed E-state index contributed by atoms with van der Waals surface area (Å²) in [7, 11) is 0. The topological polar surface area (TPSA) is 3.24 Å². The molecule has 1 nitrogen and oxygen atoms in total. The fraction of sp³-hybridized carbons (Fsp3) is 0.172. The number of benzene rings is 9. The Hall–Kier alpha value is -6.44. The summed E-state index contributed by atoms with van der Waals surface area (Å²) in [4.78, 5) is 2.58. The molecule has 9 aromatic rings. The van der Waals surface area contributed by atoms with Crippen LogP contribution in [0.2, 0.25) is 0 Å². The zero-order valence-corrected chi connectivity index (χ0v) is 35.1. The maximum Gasteiger partial charge on any atom is 0.0546 e. The Morgan fingerprint density at radius 3 is 1.76 bits per heavy atom. The van der Waals surface area contributed by atoms with Gasteiger partial charge in [-0.3, -0.25) is 0 Å². The molecule has 11 rings (SSSR count). The van der Waals surface area contributed by atoms with E-state index >= 15 is 0 Å². The van der Waals surface area contributed by atoms with Gasteiger partial charge in [-0.15, -0.1) is 0 Å². The van der Waals surface area contributed by atoms with E-state index in [1.54, 1.807) is 0 Å². The van der Waals surface area contributed by atoms with Crippen LogP contribution in [0.25, 0.3) is 65.7 Å². The molecule has 0 atom stereocenters. The first-order valence-electron chi connectivity index (χ1n) is 21.2. The van der Waals surface area contributed by atoms with Crippen molar-refractivity contribution in [2.24, 2.45) is 0 Å². The molecular weight excluding hydrogens is 711 g/mol. The molecule has 0 saturated carbocycles. The second-order valence-electron chi connectivity index (χ2n) is 18.9. The van der Waals surface area contributed by atoms with E-state index in [2.05, 4.69) is 223 Å². The summed E-state index contributed by atoms with van der Waals surface area (Å²) in [6.07, 6.45) is 0. The van der Waals surface area contributed by atoms with Crippen molar-refractivity contribution in [3.63, 3.8) is 0 Å². The van der Waals surface area contributed by atoms with E-state index in [1.165, 1.54) is 105 Å². The van der Waals surface area contributed by atoms with Gasteiger partial charge in [0.2, 0.25) is 0 Å². The highest BCUT2D eigenvalue weighted by atomic mass is 15.1. The van der Waals surface area contributed by atoms with Gasteiger partial charge in [0.05, 0.1) is 11.4 Å². The zero-order valence-electron chi connectivity index (χ0n) is 35.1. The monoisotopic (exact) mass is 759 g/mol. The van der Waals surface area contributed by atoms with Crippen molar-refractivity contribution in [2.45, 2.75) is 64.7 Å². The summed E-state index contributed by atoms with van der Waals surface area (Å²) in [6.45, 7) is 16.6. The van der Waals surface area contributed by atoms with Crippen LogP contribution in [0, 0.1) is 0 Å². The summed E-state index contributed by atoms with van der Waals surface area (Å²) in [5.74, 6) is 0. The number of anilines is 3. The van der Waals surface area contributed by atoms with Gasteiger partial charge in [-0.1, -0.05) is 182 Å². The summed E-state index contributed by atoms with van der Waals surface area (Å²) in [5, 5.41) is 7.60. The van der Waals surface area contributed by atoms with Crippen LogP contribution in [0.5, 0.6) is 0 Å². The molecule has 0 saturated heterocycles. The first-order chi connectivity index (χ1) is 28.4. The van der Waals surface area contributed by atoms with Crippen LogP contribution in [-0.2, 0) is 16.2 Å². The van der Waals surface area contributed by atoms with Gasteiger partial charge in [-0.05, 0) is 124 Å². The Morgan fingerprint density at radius 1 is 0.390 bits per heavy atom. The van der Waals surface area contributed by atoms with Gasteiger partial charge in [-0.25, -0.2) is 0 Å². The Kier molecular flexibility index (Phi) is 7.58. The molecule has 0 aliphatic heterocycles. The van der Waals surface area contributed by atoms with Gasteiger partial charge in [-0.2, -0.15) is 0 Å². The Labute approximate surface area is 348 Å². The third kappa shape index (κ3) is 5.17. The standard InChI is InChI=1S/C58H49N/c1-56(2,3)48-30-32-52(43-23-13-12-21-41(43)48)59(39-28-29-50-47(35-39)46-33-37-18-8-9-19-38(37)34-51(46)57(50,4)5)53-31-27-36-17-10-11-20-40(36)54(53)45-25-16-24-44-42-22-14-15-26-49(42)58(6,7)55(44)45/h8-35H,1-7H3. The number of nitrogens with zero attached hydrogens (tertiary/aromatic N) is 1. The molecule has 59 heavy (non-hydrogen) atoms. The largest absolute Gasteiger partial charge is 0.309 e. The van der Waals surface area contributed by atoms with Crippen LogP contribution in [0.1, 0.15) is 76.3 Å². The molecule has 1 heteroatoms. The predicted octanol–water partition coefficient (Wildman–Crippen LogP) is 16.2. The van der Waals surface area contributed by atoms with Gasteiger partial charge in [0.15, 0.2) is 0 Å². The number of hydrogen-bond acceptors (Lipinski definition) is 1. The minimum Gasteiger partial charge on any atom is -0.309 e. The second kappa shape index (κ2) is 12.5. The van der Waals surface area contributed by atoms with Crippen molar-refractivity contribution in [3.8, 4) is 33.4 Å². The first kappa shape index (κ1) is 35.7. The van der Waals surface area contributed by atoms with Crippen LogP contribution in [0.15, 0.2) is 170 Å². The highest BCUT2D eigenvalue weighted by Crippen LogP contribution is 2.57. The minimum absolute atomic E-state index is 0.0199. The van der Waals surface area contributed by atoms with E-state index in [0.29, 0.717) is 0 Å². The van der Waals surface area contributed by atoms with E-state index in [-0.39, 0.29) is 16.2 Å². The number of hydrogen-bond donors (Lipinski definition) is 0. The summed E-state index contributed by atoms with van der Waals surface area (Å²) < 4.78 is 0. The molecular formula is C58H49N. The number of rotatable bonds is 4. The van der Waals surface area contributed by atoms with E-state index in [4.69, 9.17) is 0 Å². The maximum absolute atomic E-state index is 2.58. The van der Waals surface area contributed by atoms with Crippen molar-refractivity contribution >= 4 is 49.4 Å². The van der Waals surface area contributed by atoms with Gasteiger partial charge in [0.25, 0.3) is 0 Å². The summed E-state index contributed by atoms with van der Waals surface area (Å²) >= 11 is 0. The Bertz CT molecular complexity index is 3210. The first-order valence-corrected chi connectivity index (χ1v) is 21.2. The molecule has 0 spiro atoms. The fourth-order valence-corrected chi connectivity index (χ4v) is 10.9. The molecule has 2 aliphatic rings. The van der Waals surface area contributed by atoms with Crippen LogP contribution < -0.4 is 4.90 Å². The number of fused-ring (bicyclic) bond motifs is 9. The molecule has 0 heterocycles. The average Bonchev–Trinajstić information content (AvgIpc) is 3.61. The van der Waals surface area contributed by atoms with Crippen molar-refractivity contribution < 1.29 is 0 Å². The SMILES string of the molecule is CC(C)(C)c1ccc(N(c2ccc3c(c2)-c2cc4ccccc4cc2C3(C)C)c2ccc3ccccc3c2-c2cccc3c2C(C)(C)c2ccccc2-3)c2ccccc12. The van der Waals surface area contributed by atoms with Crippen molar-refractivity contribution in [3.05, 3.63) is 198 Å². The molecule has 9 aromatic carbocycles. The lowest BCUT2D eigenvalue weighted by Gasteiger charge is -2.33. The Morgan fingerprint density at radius 2 is 0.983 bits per heavy atom. The van der Waals surface area contributed by atoms with E-state index in [9.17, 15) is 0 Å². The van der Waals surface area contributed by atoms with Crippen molar-refractivity contribution in [1.29, 1.82) is 0 Å². The lowest BCUT2D eigenvalue weighted by molar-refractivity contribution is 0.596. The van der Waals surface area contributed by atoms with Gasteiger partial charge < -0.3 is 4.90 Å².